The summed E-state index contributed by atoms with van der Waals surface area (Å²) < 4.78 is 16.4. The molecule has 0 aliphatic carbocycles. The number of morpholine rings is 2. The molecule has 0 spiro atoms. The van der Waals surface area contributed by atoms with Gasteiger partial charge in [-0.05, 0) is 6.42 Å². The number of rotatable bonds is 5. The van der Waals surface area contributed by atoms with E-state index in [9.17, 15) is 0 Å². The van der Waals surface area contributed by atoms with Crippen molar-refractivity contribution in [2.24, 2.45) is 0 Å². The summed E-state index contributed by atoms with van der Waals surface area (Å²) in [5.41, 5.74) is 0. The molecule has 2 saturated heterocycles. The molecule has 22 heavy (non-hydrogen) atoms. The molecule has 0 N–H and O–H groups in total. The van der Waals surface area contributed by atoms with Crippen molar-refractivity contribution in [2.45, 2.75) is 13.3 Å². The van der Waals surface area contributed by atoms with Crippen LogP contribution in [0.5, 0.6) is 6.01 Å². The third kappa shape index (κ3) is 3.75. The van der Waals surface area contributed by atoms with Gasteiger partial charge in [0.15, 0.2) is 0 Å². The van der Waals surface area contributed by atoms with Crippen LogP contribution < -0.4 is 14.5 Å². The summed E-state index contributed by atoms with van der Waals surface area (Å²) in [6, 6.07) is 0.403. The summed E-state index contributed by atoms with van der Waals surface area (Å²) in [5.74, 6) is 1.34. The number of ether oxygens (including phenoxy) is 3. The van der Waals surface area contributed by atoms with E-state index in [-0.39, 0.29) is 0 Å². The summed E-state index contributed by atoms with van der Waals surface area (Å²) in [6.07, 6.45) is 0.922. The van der Waals surface area contributed by atoms with E-state index in [1.165, 1.54) is 0 Å². The lowest BCUT2D eigenvalue weighted by atomic mass is 10.4. The van der Waals surface area contributed by atoms with Gasteiger partial charge in [-0.25, -0.2) is 0 Å². The molecule has 0 unspecified atom stereocenters. The molecular weight excluding hydrogens is 286 g/mol. The lowest BCUT2D eigenvalue weighted by Crippen LogP contribution is -2.40. The highest BCUT2D eigenvalue weighted by atomic mass is 16.5. The molecule has 8 heteroatoms. The highest BCUT2D eigenvalue weighted by molar-refractivity contribution is 5.41. The first-order valence-electron chi connectivity index (χ1n) is 7.91. The Labute approximate surface area is 130 Å². The molecule has 0 bridgehead atoms. The summed E-state index contributed by atoms with van der Waals surface area (Å²) >= 11 is 0. The lowest BCUT2D eigenvalue weighted by molar-refractivity contribution is 0.120. The first kappa shape index (κ1) is 15.2. The van der Waals surface area contributed by atoms with Gasteiger partial charge in [0.05, 0.1) is 33.0 Å². The van der Waals surface area contributed by atoms with Crippen LogP contribution in [-0.4, -0.2) is 74.2 Å². The van der Waals surface area contributed by atoms with Crippen molar-refractivity contribution in [1.82, 2.24) is 15.0 Å². The van der Waals surface area contributed by atoms with E-state index in [0.29, 0.717) is 50.9 Å². The Morgan fingerprint density at radius 1 is 0.864 bits per heavy atom. The number of aromatic nitrogens is 3. The van der Waals surface area contributed by atoms with Crippen molar-refractivity contribution < 1.29 is 14.2 Å². The maximum Gasteiger partial charge on any atom is 0.323 e. The van der Waals surface area contributed by atoms with Crippen molar-refractivity contribution >= 4 is 11.9 Å². The number of anilines is 2. The fourth-order valence-corrected chi connectivity index (χ4v) is 2.40. The zero-order valence-electron chi connectivity index (χ0n) is 13.0. The zero-order chi connectivity index (χ0) is 15.2. The van der Waals surface area contributed by atoms with Crippen molar-refractivity contribution in [3.63, 3.8) is 0 Å². The highest BCUT2D eigenvalue weighted by Gasteiger charge is 2.21. The second-order valence-corrected chi connectivity index (χ2v) is 5.27. The average Bonchev–Trinajstić information content (AvgIpc) is 2.61. The van der Waals surface area contributed by atoms with Crippen molar-refractivity contribution in [3.05, 3.63) is 0 Å². The van der Waals surface area contributed by atoms with Gasteiger partial charge >= 0.3 is 6.01 Å². The van der Waals surface area contributed by atoms with Crippen LogP contribution in [0.3, 0.4) is 0 Å². The van der Waals surface area contributed by atoms with Crippen LogP contribution in [0.15, 0.2) is 0 Å². The Kier molecular flexibility index (Phi) is 5.23. The summed E-state index contributed by atoms with van der Waals surface area (Å²) in [5, 5.41) is 0. The quantitative estimate of drug-likeness (QED) is 0.771. The van der Waals surface area contributed by atoms with E-state index in [2.05, 4.69) is 31.7 Å². The number of hydrogen-bond acceptors (Lipinski definition) is 8. The molecule has 2 aliphatic heterocycles. The largest absolute Gasteiger partial charge is 0.463 e. The maximum atomic E-state index is 5.64. The third-order valence-electron chi connectivity index (χ3n) is 3.61. The first-order valence-corrected chi connectivity index (χ1v) is 7.91. The molecule has 0 aromatic carbocycles. The molecule has 0 radical (unpaired) electrons. The smallest absolute Gasteiger partial charge is 0.323 e. The van der Waals surface area contributed by atoms with Gasteiger partial charge in [-0.1, -0.05) is 6.92 Å². The molecule has 0 saturated carbocycles. The van der Waals surface area contributed by atoms with Crippen LogP contribution in [0.1, 0.15) is 13.3 Å². The van der Waals surface area contributed by atoms with E-state index in [4.69, 9.17) is 14.2 Å². The van der Waals surface area contributed by atoms with Crippen LogP contribution in [0, 0.1) is 0 Å². The minimum Gasteiger partial charge on any atom is -0.463 e. The Morgan fingerprint density at radius 3 is 1.82 bits per heavy atom. The van der Waals surface area contributed by atoms with E-state index < -0.39 is 0 Å². The van der Waals surface area contributed by atoms with Crippen LogP contribution in [0.2, 0.25) is 0 Å². The Bertz CT molecular complexity index is 439. The number of hydrogen-bond donors (Lipinski definition) is 0. The molecule has 8 nitrogen and oxygen atoms in total. The van der Waals surface area contributed by atoms with Crippen LogP contribution in [-0.2, 0) is 9.47 Å². The van der Waals surface area contributed by atoms with E-state index in [1.807, 2.05) is 0 Å². The van der Waals surface area contributed by atoms with Gasteiger partial charge in [-0.15, -0.1) is 0 Å². The van der Waals surface area contributed by atoms with E-state index in [0.717, 1.165) is 32.6 Å². The second kappa shape index (κ2) is 7.55. The minimum absolute atomic E-state index is 0.403. The third-order valence-corrected chi connectivity index (χ3v) is 3.61. The van der Waals surface area contributed by atoms with Gasteiger partial charge in [0, 0.05) is 26.2 Å². The monoisotopic (exact) mass is 309 g/mol. The molecule has 2 fully saturated rings. The predicted octanol–water partition coefficient (Wildman–Crippen LogP) is 0.334. The Hall–Kier alpha value is -1.67. The molecule has 1 aromatic rings. The van der Waals surface area contributed by atoms with Gasteiger partial charge in [-0.2, -0.15) is 15.0 Å². The van der Waals surface area contributed by atoms with Crippen molar-refractivity contribution in [1.29, 1.82) is 0 Å². The SMILES string of the molecule is CCCOc1nc(N2CCOCC2)nc(N2CCOCC2)n1. The predicted molar refractivity (Wildman–Crippen MR) is 81.7 cm³/mol. The second-order valence-electron chi connectivity index (χ2n) is 5.27. The fraction of sp³-hybridized carbons (Fsp3) is 0.786. The average molecular weight is 309 g/mol. The normalized spacial score (nSPS) is 19.3. The maximum absolute atomic E-state index is 5.64. The zero-order valence-corrected chi connectivity index (χ0v) is 13.0. The first-order chi connectivity index (χ1) is 10.9. The molecule has 2 aliphatic rings. The van der Waals surface area contributed by atoms with E-state index >= 15 is 0 Å². The van der Waals surface area contributed by atoms with Crippen LogP contribution in [0.4, 0.5) is 11.9 Å². The van der Waals surface area contributed by atoms with Crippen LogP contribution in [0.25, 0.3) is 0 Å². The Balaban J connectivity index is 1.83. The minimum atomic E-state index is 0.403. The van der Waals surface area contributed by atoms with Gasteiger partial charge in [-0.3, -0.25) is 0 Å². The van der Waals surface area contributed by atoms with Crippen molar-refractivity contribution in [2.75, 3.05) is 69.0 Å². The summed E-state index contributed by atoms with van der Waals surface area (Å²) in [4.78, 5) is 17.8. The summed E-state index contributed by atoms with van der Waals surface area (Å²) in [6.45, 7) is 8.63. The van der Waals surface area contributed by atoms with Gasteiger partial charge < -0.3 is 24.0 Å². The Morgan fingerprint density at radius 2 is 1.36 bits per heavy atom. The summed E-state index contributed by atoms with van der Waals surface area (Å²) in [7, 11) is 0. The molecule has 0 atom stereocenters. The van der Waals surface area contributed by atoms with Crippen molar-refractivity contribution in [3.8, 4) is 6.01 Å². The molecule has 1 aromatic heterocycles. The van der Waals surface area contributed by atoms with Gasteiger partial charge in [0.1, 0.15) is 0 Å². The molecule has 0 amide bonds. The van der Waals surface area contributed by atoms with Gasteiger partial charge in [0.25, 0.3) is 0 Å². The van der Waals surface area contributed by atoms with Crippen LogP contribution >= 0.6 is 0 Å². The lowest BCUT2D eigenvalue weighted by Gasteiger charge is -2.30. The topological polar surface area (TPSA) is 72.8 Å². The molecule has 3 rings (SSSR count). The molecule has 3 heterocycles. The highest BCUT2D eigenvalue weighted by Crippen LogP contribution is 2.19. The molecule has 122 valence electrons. The van der Waals surface area contributed by atoms with E-state index in [1.54, 1.807) is 0 Å². The molecular formula is C14H23N5O3. The number of nitrogens with zero attached hydrogens (tertiary/aromatic N) is 5. The fourth-order valence-electron chi connectivity index (χ4n) is 2.40. The standard InChI is InChI=1S/C14H23N5O3/c1-2-7-22-14-16-12(18-3-8-20-9-4-18)15-13(17-14)19-5-10-21-11-6-19/h2-11H2,1H3. The van der Waals surface area contributed by atoms with Gasteiger partial charge in [0.2, 0.25) is 11.9 Å².